The fraction of sp³-hybridized carbons (Fsp3) is 0.909. The maximum Gasteiger partial charge on any atom is 0.239 e. The molecule has 92 valence electrons. The Labute approximate surface area is 95.9 Å². The fourth-order valence-electron chi connectivity index (χ4n) is 2.08. The van der Waals surface area contributed by atoms with Gasteiger partial charge in [-0.2, -0.15) is 0 Å². The van der Waals surface area contributed by atoms with Crippen LogP contribution in [0.15, 0.2) is 0 Å². The van der Waals surface area contributed by atoms with Gasteiger partial charge in [0.25, 0.3) is 0 Å². The molecular formula is C11H20N2O3. The van der Waals surface area contributed by atoms with Gasteiger partial charge >= 0.3 is 0 Å². The Hall–Kier alpha value is -0.650. The van der Waals surface area contributed by atoms with Crippen LogP contribution in [0.1, 0.15) is 19.3 Å². The number of nitrogens with one attached hydrogen (secondary N) is 2. The normalized spacial score (nSPS) is 31.8. The summed E-state index contributed by atoms with van der Waals surface area (Å²) in [5, 5.41) is 6.22. The summed E-state index contributed by atoms with van der Waals surface area (Å²) >= 11 is 0. The Kier molecular flexibility index (Phi) is 4.56. The minimum Gasteiger partial charge on any atom is -0.381 e. The van der Waals surface area contributed by atoms with Crippen LogP contribution in [0.5, 0.6) is 0 Å². The van der Waals surface area contributed by atoms with Gasteiger partial charge in [0, 0.05) is 25.8 Å². The van der Waals surface area contributed by atoms with Crippen molar-refractivity contribution in [3.8, 4) is 0 Å². The van der Waals surface area contributed by atoms with Gasteiger partial charge in [0.15, 0.2) is 0 Å². The quantitative estimate of drug-likeness (QED) is 0.679. The van der Waals surface area contributed by atoms with E-state index in [1.54, 1.807) is 0 Å². The van der Waals surface area contributed by atoms with E-state index in [1.807, 2.05) is 0 Å². The highest BCUT2D eigenvalue weighted by molar-refractivity contribution is 5.82. The standard InChI is InChI=1S/C11H20N2O3/c14-11(10-8-16-7-4-12-10)13-9-2-1-5-15-6-3-9/h9-10,12H,1-8H2,(H,13,14). The Bertz CT molecular complexity index is 221. The third kappa shape index (κ3) is 3.43. The lowest BCUT2D eigenvalue weighted by Gasteiger charge is -2.25. The van der Waals surface area contributed by atoms with Crippen LogP contribution in [-0.4, -0.2) is 51.0 Å². The molecule has 2 saturated heterocycles. The average Bonchev–Trinajstić information content (AvgIpc) is 2.59. The molecule has 5 heteroatoms. The number of carbonyl (C=O) groups excluding carboxylic acids is 1. The molecule has 2 N–H and O–H groups in total. The van der Waals surface area contributed by atoms with E-state index in [9.17, 15) is 4.79 Å². The van der Waals surface area contributed by atoms with Crippen LogP contribution >= 0.6 is 0 Å². The van der Waals surface area contributed by atoms with Gasteiger partial charge in [0.05, 0.1) is 13.2 Å². The summed E-state index contributed by atoms with van der Waals surface area (Å²) < 4.78 is 10.6. The third-order valence-corrected chi connectivity index (χ3v) is 3.04. The van der Waals surface area contributed by atoms with Gasteiger partial charge in [-0.05, 0) is 19.3 Å². The van der Waals surface area contributed by atoms with Crippen molar-refractivity contribution in [2.24, 2.45) is 0 Å². The van der Waals surface area contributed by atoms with E-state index in [1.165, 1.54) is 0 Å². The molecule has 2 aliphatic heterocycles. The first-order chi connectivity index (χ1) is 7.86. The summed E-state index contributed by atoms with van der Waals surface area (Å²) in [6.45, 7) is 3.50. The van der Waals surface area contributed by atoms with Crippen LogP contribution < -0.4 is 10.6 Å². The summed E-state index contributed by atoms with van der Waals surface area (Å²) in [6.07, 6.45) is 2.96. The highest BCUT2D eigenvalue weighted by Crippen LogP contribution is 2.08. The molecular weight excluding hydrogens is 208 g/mol. The monoisotopic (exact) mass is 228 g/mol. The van der Waals surface area contributed by atoms with Crippen molar-refractivity contribution >= 4 is 5.91 Å². The van der Waals surface area contributed by atoms with Gasteiger partial charge in [-0.15, -0.1) is 0 Å². The molecule has 2 fully saturated rings. The molecule has 0 aromatic rings. The van der Waals surface area contributed by atoms with Gasteiger partial charge in [0.1, 0.15) is 6.04 Å². The first-order valence-corrected chi connectivity index (χ1v) is 6.05. The van der Waals surface area contributed by atoms with Crippen molar-refractivity contribution < 1.29 is 14.3 Å². The van der Waals surface area contributed by atoms with E-state index in [0.717, 1.165) is 39.0 Å². The summed E-state index contributed by atoms with van der Waals surface area (Å²) in [6, 6.07) is 0.0802. The number of hydrogen-bond donors (Lipinski definition) is 2. The SMILES string of the molecule is O=C(NC1CCCOCC1)C1COCCN1. The lowest BCUT2D eigenvalue weighted by molar-refractivity contribution is -0.126. The molecule has 2 heterocycles. The van der Waals surface area contributed by atoms with E-state index in [4.69, 9.17) is 9.47 Å². The van der Waals surface area contributed by atoms with Crippen LogP contribution in [0.4, 0.5) is 0 Å². The maximum absolute atomic E-state index is 11.9. The molecule has 0 bridgehead atoms. The van der Waals surface area contributed by atoms with Crippen LogP contribution in [0.25, 0.3) is 0 Å². The zero-order chi connectivity index (χ0) is 11.2. The van der Waals surface area contributed by atoms with Gasteiger partial charge in [-0.1, -0.05) is 0 Å². The third-order valence-electron chi connectivity index (χ3n) is 3.04. The lowest BCUT2D eigenvalue weighted by atomic mass is 10.1. The van der Waals surface area contributed by atoms with Crippen LogP contribution in [0.2, 0.25) is 0 Å². The number of hydrogen-bond acceptors (Lipinski definition) is 4. The molecule has 2 unspecified atom stereocenters. The van der Waals surface area contributed by atoms with Crippen molar-refractivity contribution in [2.45, 2.75) is 31.3 Å². The highest BCUT2D eigenvalue weighted by atomic mass is 16.5. The molecule has 0 aromatic carbocycles. The Morgan fingerprint density at radius 2 is 2.12 bits per heavy atom. The predicted octanol–water partition coefficient (Wildman–Crippen LogP) is -0.340. The Balaban J connectivity index is 1.76. The van der Waals surface area contributed by atoms with Crippen molar-refractivity contribution in [3.05, 3.63) is 0 Å². The number of ether oxygens (including phenoxy) is 2. The predicted molar refractivity (Wildman–Crippen MR) is 59.2 cm³/mol. The summed E-state index contributed by atoms with van der Waals surface area (Å²) in [5.41, 5.74) is 0. The molecule has 2 aliphatic rings. The first-order valence-electron chi connectivity index (χ1n) is 6.05. The molecule has 16 heavy (non-hydrogen) atoms. The maximum atomic E-state index is 11.9. The molecule has 1 amide bonds. The van der Waals surface area contributed by atoms with Crippen molar-refractivity contribution in [2.75, 3.05) is 33.0 Å². The Morgan fingerprint density at radius 1 is 1.19 bits per heavy atom. The molecule has 0 spiro atoms. The van der Waals surface area contributed by atoms with E-state index in [2.05, 4.69) is 10.6 Å². The zero-order valence-electron chi connectivity index (χ0n) is 9.54. The summed E-state index contributed by atoms with van der Waals surface area (Å²) in [4.78, 5) is 11.9. The molecule has 0 radical (unpaired) electrons. The molecule has 5 nitrogen and oxygen atoms in total. The average molecular weight is 228 g/mol. The van der Waals surface area contributed by atoms with Crippen molar-refractivity contribution in [1.29, 1.82) is 0 Å². The molecule has 2 atom stereocenters. The van der Waals surface area contributed by atoms with Crippen molar-refractivity contribution in [1.82, 2.24) is 10.6 Å². The van der Waals surface area contributed by atoms with Crippen molar-refractivity contribution in [3.63, 3.8) is 0 Å². The second-order valence-corrected chi connectivity index (χ2v) is 4.33. The summed E-state index contributed by atoms with van der Waals surface area (Å²) in [5.74, 6) is 0.0617. The molecule has 0 saturated carbocycles. The topological polar surface area (TPSA) is 59.6 Å². The van der Waals surface area contributed by atoms with Gasteiger partial charge in [-0.25, -0.2) is 0 Å². The number of amides is 1. The second-order valence-electron chi connectivity index (χ2n) is 4.33. The number of morpholine rings is 1. The second kappa shape index (κ2) is 6.18. The van der Waals surface area contributed by atoms with Gasteiger partial charge < -0.3 is 20.1 Å². The Morgan fingerprint density at radius 3 is 2.94 bits per heavy atom. The van der Waals surface area contributed by atoms with Crippen LogP contribution in [0.3, 0.4) is 0 Å². The number of carbonyl (C=O) groups is 1. The molecule has 2 rings (SSSR count). The zero-order valence-corrected chi connectivity index (χ0v) is 9.54. The largest absolute Gasteiger partial charge is 0.381 e. The van der Waals surface area contributed by atoms with Crippen LogP contribution in [-0.2, 0) is 14.3 Å². The molecule has 0 aliphatic carbocycles. The number of rotatable bonds is 2. The smallest absolute Gasteiger partial charge is 0.239 e. The fourth-order valence-corrected chi connectivity index (χ4v) is 2.08. The minimum absolute atomic E-state index is 0.0617. The van der Waals surface area contributed by atoms with E-state index in [-0.39, 0.29) is 18.0 Å². The molecule has 0 aromatic heterocycles. The van der Waals surface area contributed by atoms with E-state index < -0.39 is 0 Å². The van der Waals surface area contributed by atoms with E-state index in [0.29, 0.717) is 13.2 Å². The van der Waals surface area contributed by atoms with Gasteiger partial charge in [0.2, 0.25) is 5.91 Å². The van der Waals surface area contributed by atoms with E-state index >= 15 is 0 Å². The summed E-state index contributed by atoms with van der Waals surface area (Å²) in [7, 11) is 0. The van der Waals surface area contributed by atoms with Gasteiger partial charge in [-0.3, -0.25) is 4.79 Å². The van der Waals surface area contributed by atoms with Crippen LogP contribution in [0, 0.1) is 0 Å². The highest BCUT2D eigenvalue weighted by Gasteiger charge is 2.23. The lowest BCUT2D eigenvalue weighted by Crippen LogP contribution is -2.53. The minimum atomic E-state index is -0.182. The first kappa shape index (κ1) is 11.8.